The molecule has 3 heterocycles. The normalized spacial score (nSPS) is 13.2. The van der Waals surface area contributed by atoms with Crippen molar-refractivity contribution in [3.05, 3.63) is 94.8 Å². The van der Waals surface area contributed by atoms with Crippen molar-refractivity contribution in [1.29, 1.82) is 0 Å². The minimum absolute atomic E-state index is 0. The SMILES string of the molecule is Cc1[nH]c2ccnc(N3CCc4ccccc4C3)c2c1Cc1ccccc1.Cl. The first-order chi connectivity index (χ1) is 13.3. The lowest BCUT2D eigenvalue weighted by atomic mass is 9.98. The van der Waals surface area contributed by atoms with Crippen molar-refractivity contribution in [1.82, 2.24) is 9.97 Å². The van der Waals surface area contributed by atoms with Gasteiger partial charge in [0.1, 0.15) is 5.82 Å². The lowest BCUT2D eigenvalue weighted by Crippen LogP contribution is -2.31. The lowest BCUT2D eigenvalue weighted by Gasteiger charge is -2.30. The van der Waals surface area contributed by atoms with Crippen molar-refractivity contribution in [2.45, 2.75) is 26.3 Å². The first kappa shape index (κ1) is 18.6. The van der Waals surface area contributed by atoms with Gasteiger partial charge in [0.05, 0.1) is 5.52 Å². The summed E-state index contributed by atoms with van der Waals surface area (Å²) >= 11 is 0. The van der Waals surface area contributed by atoms with Gasteiger partial charge in [0.15, 0.2) is 0 Å². The van der Waals surface area contributed by atoms with Crippen LogP contribution in [0.2, 0.25) is 0 Å². The number of hydrogen-bond acceptors (Lipinski definition) is 2. The predicted octanol–water partition coefficient (Wildman–Crippen LogP) is 5.45. The molecule has 28 heavy (non-hydrogen) atoms. The van der Waals surface area contributed by atoms with Crippen molar-refractivity contribution in [3.8, 4) is 0 Å². The zero-order valence-corrected chi connectivity index (χ0v) is 16.8. The maximum atomic E-state index is 4.83. The van der Waals surface area contributed by atoms with Crippen LogP contribution in [0, 0.1) is 6.92 Å². The van der Waals surface area contributed by atoms with Crippen molar-refractivity contribution in [2.75, 3.05) is 11.4 Å². The minimum Gasteiger partial charge on any atom is -0.358 e. The second-order valence-corrected chi connectivity index (χ2v) is 7.39. The van der Waals surface area contributed by atoms with Gasteiger partial charge in [-0.15, -0.1) is 12.4 Å². The number of nitrogens with zero attached hydrogens (tertiary/aromatic N) is 2. The fourth-order valence-electron chi connectivity index (χ4n) is 4.25. The van der Waals surface area contributed by atoms with Gasteiger partial charge in [0.25, 0.3) is 0 Å². The van der Waals surface area contributed by atoms with Crippen LogP contribution in [0.25, 0.3) is 10.9 Å². The number of benzene rings is 2. The molecule has 0 saturated heterocycles. The van der Waals surface area contributed by atoms with Gasteiger partial charge in [0, 0.05) is 30.4 Å². The summed E-state index contributed by atoms with van der Waals surface area (Å²) in [6.45, 7) is 4.11. The summed E-state index contributed by atoms with van der Waals surface area (Å²) in [4.78, 5) is 10.8. The number of halogens is 1. The zero-order chi connectivity index (χ0) is 18.2. The number of fused-ring (bicyclic) bond motifs is 2. The summed E-state index contributed by atoms with van der Waals surface area (Å²) in [5.74, 6) is 1.11. The number of pyridine rings is 1. The van der Waals surface area contributed by atoms with Gasteiger partial charge in [-0.3, -0.25) is 0 Å². The zero-order valence-electron chi connectivity index (χ0n) is 16.0. The summed E-state index contributed by atoms with van der Waals surface area (Å²) in [5.41, 5.74) is 8.00. The van der Waals surface area contributed by atoms with Crippen molar-refractivity contribution in [2.24, 2.45) is 0 Å². The van der Waals surface area contributed by atoms with E-state index in [1.165, 1.54) is 38.9 Å². The van der Waals surface area contributed by atoms with Crippen LogP contribution >= 0.6 is 12.4 Å². The molecule has 0 fully saturated rings. The molecule has 5 rings (SSSR count). The van der Waals surface area contributed by atoms with E-state index in [0.29, 0.717) is 0 Å². The molecule has 0 spiro atoms. The number of hydrogen-bond donors (Lipinski definition) is 1. The van der Waals surface area contributed by atoms with Gasteiger partial charge in [-0.05, 0) is 48.1 Å². The Morgan fingerprint density at radius 3 is 2.54 bits per heavy atom. The Morgan fingerprint density at radius 2 is 1.71 bits per heavy atom. The smallest absolute Gasteiger partial charge is 0.138 e. The van der Waals surface area contributed by atoms with Gasteiger partial charge in [-0.1, -0.05) is 54.6 Å². The van der Waals surface area contributed by atoms with Crippen LogP contribution in [0.3, 0.4) is 0 Å². The molecule has 0 radical (unpaired) electrons. The highest BCUT2D eigenvalue weighted by molar-refractivity contribution is 5.94. The Labute approximate surface area is 171 Å². The number of aromatic amines is 1. The number of nitrogens with one attached hydrogen (secondary N) is 1. The molecular weight excluding hydrogens is 366 g/mol. The molecular formula is C24H24ClN3. The fourth-order valence-corrected chi connectivity index (χ4v) is 4.25. The Balaban J connectivity index is 0.00000192. The van der Waals surface area contributed by atoms with Crippen molar-refractivity contribution < 1.29 is 0 Å². The van der Waals surface area contributed by atoms with E-state index in [4.69, 9.17) is 4.98 Å². The van der Waals surface area contributed by atoms with E-state index in [1.807, 2.05) is 6.20 Å². The number of rotatable bonds is 3. The quantitative estimate of drug-likeness (QED) is 0.505. The Bertz CT molecular complexity index is 1100. The van der Waals surface area contributed by atoms with Crippen LogP contribution in [0.4, 0.5) is 5.82 Å². The van der Waals surface area contributed by atoms with Crippen LogP contribution in [-0.2, 0) is 19.4 Å². The molecule has 0 bridgehead atoms. The maximum Gasteiger partial charge on any atom is 0.138 e. The molecule has 2 aromatic carbocycles. The Morgan fingerprint density at radius 1 is 0.964 bits per heavy atom. The molecule has 1 aliphatic heterocycles. The van der Waals surface area contributed by atoms with E-state index in [-0.39, 0.29) is 12.4 Å². The van der Waals surface area contributed by atoms with Gasteiger partial charge in [0.2, 0.25) is 0 Å². The summed E-state index contributed by atoms with van der Waals surface area (Å²) in [6, 6.07) is 21.6. The van der Waals surface area contributed by atoms with Crippen LogP contribution in [-0.4, -0.2) is 16.5 Å². The van der Waals surface area contributed by atoms with Crippen LogP contribution < -0.4 is 4.90 Å². The third kappa shape index (κ3) is 3.27. The number of H-pyrrole nitrogens is 1. The van der Waals surface area contributed by atoms with Crippen LogP contribution in [0.5, 0.6) is 0 Å². The first-order valence-electron chi connectivity index (χ1n) is 9.61. The predicted molar refractivity (Wildman–Crippen MR) is 119 cm³/mol. The molecule has 0 atom stereocenters. The van der Waals surface area contributed by atoms with Gasteiger partial charge >= 0.3 is 0 Å². The molecule has 2 aromatic heterocycles. The molecule has 4 heteroatoms. The molecule has 3 nitrogen and oxygen atoms in total. The Kier molecular flexibility index (Phi) is 5.10. The molecule has 142 valence electrons. The lowest BCUT2D eigenvalue weighted by molar-refractivity contribution is 0.724. The standard InChI is InChI=1S/C24H23N3.ClH/c1-17-21(15-18-7-3-2-4-8-18)23-22(26-17)11-13-25-24(23)27-14-12-19-9-5-6-10-20(19)16-27;/h2-11,13,26H,12,14-16H2,1H3;1H. The average molecular weight is 390 g/mol. The number of aromatic nitrogens is 2. The highest BCUT2D eigenvalue weighted by atomic mass is 35.5. The van der Waals surface area contributed by atoms with E-state index in [1.54, 1.807) is 0 Å². The van der Waals surface area contributed by atoms with Gasteiger partial charge in [-0.25, -0.2) is 4.98 Å². The molecule has 4 aromatic rings. The van der Waals surface area contributed by atoms with Crippen LogP contribution in [0.1, 0.15) is 27.9 Å². The number of aryl methyl sites for hydroxylation is 1. The average Bonchev–Trinajstić information content (AvgIpc) is 3.04. The van der Waals surface area contributed by atoms with E-state index < -0.39 is 0 Å². The fraction of sp³-hybridized carbons (Fsp3) is 0.208. The molecule has 0 unspecified atom stereocenters. The molecule has 0 amide bonds. The summed E-state index contributed by atoms with van der Waals surface area (Å²) in [5, 5.41) is 1.28. The first-order valence-corrected chi connectivity index (χ1v) is 9.61. The van der Waals surface area contributed by atoms with E-state index in [2.05, 4.69) is 77.5 Å². The van der Waals surface area contributed by atoms with Gasteiger partial charge in [-0.2, -0.15) is 0 Å². The van der Waals surface area contributed by atoms with E-state index >= 15 is 0 Å². The van der Waals surface area contributed by atoms with Crippen LogP contribution in [0.15, 0.2) is 66.9 Å². The van der Waals surface area contributed by atoms with E-state index in [0.717, 1.165) is 31.7 Å². The topological polar surface area (TPSA) is 31.9 Å². The van der Waals surface area contributed by atoms with Gasteiger partial charge < -0.3 is 9.88 Å². The third-order valence-corrected chi connectivity index (χ3v) is 5.66. The summed E-state index contributed by atoms with van der Waals surface area (Å²) in [7, 11) is 0. The molecule has 0 aliphatic carbocycles. The number of anilines is 1. The molecule has 1 aliphatic rings. The van der Waals surface area contributed by atoms with E-state index in [9.17, 15) is 0 Å². The monoisotopic (exact) mass is 389 g/mol. The van der Waals surface area contributed by atoms with Crippen molar-refractivity contribution >= 4 is 29.1 Å². The minimum atomic E-state index is 0. The highest BCUT2D eigenvalue weighted by Gasteiger charge is 2.22. The second-order valence-electron chi connectivity index (χ2n) is 7.39. The molecule has 0 saturated carbocycles. The van der Waals surface area contributed by atoms with Crippen molar-refractivity contribution in [3.63, 3.8) is 0 Å². The Hall–Kier alpha value is -2.78. The largest absolute Gasteiger partial charge is 0.358 e. The third-order valence-electron chi connectivity index (χ3n) is 5.66. The molecule has 1 N–H and O–H groups in total. The second kappa shape index (κ2) is 7.69. The summed E-state index contributed by atoms with van der Waals surface area (Å²) in [6.07, 6.45) is 3.93. The summed E-state index contributed by atoms with van der Waals surface area (Å²) < 4.78 is 0. The highest BCUT2D eigenvalue weighted by Crippen LogP contribution is 2.34. The maximum absolute atomic E-state index is 4.83.